The van der Waals surface area contributed by atoms with Crippen molar-refractivity contribution in [3.8, 4) is 0 Å². The van der Waals surface area contributed by atoms with Crippen molar-refractivity contribution in [2.75, 3.05) is 0 Å². The van der Waals surface area contributed by atoms with Gasteiger partial charge in [0.15, 0.2) is 0 Å². The van der Waals surface area contributed by atoms with Gasteiger partial charge in [-0.05, 0) is 56.3 Å². The average molecular weight is 381 g/mol. The number of thiophene rings is 2. The molecule has 0 aromatic carbocycles. The van der Waals surface area contributed by atoms with E-state index in [2.05, 4.69) is 67.7 Å². The van der Waals surface area contributed by atoms with Gasteiger partial charge in [-0.1, -0.05) is 6.07 Å². The van der Waals surface area contributed by atoms with Crippen molar-refractivity contribution in [2.45, 2.75) is 19.5 Å². The van der Waals surface area contributed by atoms with E-state index >= 15 is 0 Å². The molecule has 0 fully saturated rings. The molecule has 2 aromatic heterocycles. The Morgan fingerprint density at radius 2 is 2.25 bits per heavy atom. The summed E-state index contributed by atoms with van der Waals surface area (Å²) in [6, 6.07) is 6.83. The van der Waals surface area contributed by atoms with Crippen LogP contribution in [0, 0.1) is 0 Å². The van der Waals surface area contributed by atoms with Crippen LogP contribution in [0.1, 0.15) is 22.7 Å². The third-order valence-electron chi connectivity index (χ3n) is 2.25. The van der Waals surface area contributed by atoms with Crippen molar-refractivity contribution in [3.63, 3.8) is 0 Å². The van der Waals surface area contributed by atoms with Gasteiger partial charge in [0.2, 0.25) is 0 Å². The van der Waals surface area contributed by atoms with Crippen LogP contribution in [-0.4, -0.2) is 0 Å². The first-order chi connectivity index (χ1) is 7.66. The molecular formula is C11H11Br2NS2. The molecule has 0 amide bonds. The summed E-state index contributed by atoms with van der Waals surface area (Å²) in [7, 11) is 0. The van der Waals surface area contributed by atoms with Gasteiger partial charge in [-0.2, -0.15) is 0 Å². The zero-order valence-corrected chi connectivity index (χ0v) is 13.5. The molecule has 0 aliphatic heterocycles. The summed E-state index contributed by atoms with van der Waals surface area (Å²) in [5, 5.41) is 5.64. The highest BCUT2D eigenvalue weighted by Gasteiger charge is 2.08. The van der Waals surface area contributed by atoms with Gasteiger partial charge in [-0.3, -0.25) is 0 Å². The maximum absolute atomic E-state index is 3.52. The summed E-state index contributed by atoms with van der Waals surface area (Å²) in [6.07, 6.45) is 0. The fourth-order valence-electron chi connectivity index (χ4n) is 1.37. The van der Waals surface area contributed by atoms with Gasteiger partial charge >= 0.3 is 0 Å². The third kappa shape index (κ3) is 3.17. The van der Waals surface area contributed by atoms with Crippen molar-refractivity contribution >= 4 is 54.5 Å². The molecule has 1 N–H and O–H groups in total. The van der Waals surface area contributed by atoms with E-state index in [0.29, 0.717) is 6.04 Å². The Hall–Kier alpha value is 0.320. The Morgan fingerprint density at radius 3 is 2.81 bits per heavy atom. The van der Waals surface area contributed by atoms with Gasteiger partial charge in [0.25, 0.3) is 0 Å². The Bertz CT molecular complexity index is 431. The monoisotopic (exact) mass is 379 g/mol. The molecule has 0 aliphatic rings. The molecule has 2 aromatic rings. The van der Waals surface area contributed by atoms with Crippen molar-refractivity contribution in [3.05, 3.63) is 41.6 Å². The summed E-state index contributed by atoms with van der Waals surface area (Å²) in [5.74, 6) is 0. The molecule has 1 nitrogen and oxygen atoms in total. The van der Waals surface area contributed by atoms with E-state index in [1.54, 1.807) is 22.7 Å². The van der Waals surface area contributed by atoms with Crippen LogP contribution in [0.2, 0.25) is 0 Å². The lowest BCUT2D eigenvalue weighted by atomic mass is 10.3. The highest BCUT2D eigenvalue weighted by atomic mass is 79.9. The molecule has 0 spiro atoms. The SMILES string of the molecule is C[C@H](NCc1cc(Br)c(Br)s1)c1cccs1. The minimum atomic E-state index is 0.416. The average Bonchev–Trinajstić information content (AvgIpc) is 2.86. The largest absolute Gasteiger partial charge is 0.305 e. The quantitative estimate of drug-likeness (QED) is 0.769. The van der Waals surface area contributed by atoms with Gasteiger partial charge in [-0.15, -0.1) is 22.7 Å². The van der Waals surface area contributed by atoms with E-state index in [1.165, 1.54) is 9.75 Å². The molecule has 16 heavy (non-hydrogen) atoms. The van der Waals surface area contributed by atoms with Gasteiger partial charge in [0.1, 0.15) is 0 Å². The van der Waals surface area contributed by atoms with Crippen LogP contribution in [0.3, 0.4) is 0 Å². The molecule has 5 heteroatoms. The maximum Gasteiger partial charge on any atom is 0.0843 e. The van der Waals surface area contributed by atoms with Crippen molar-refractivity contribution in [1.29, 1.82) is 0 Å². The van der Waals surface area contributed by atoms with E-state index < -0.39 is 0 Å². The summed E-state index contributed by atoms with van der Waals surface area (Å²) in [4.78, 5) is 2.72. The van der Waals surface area contributed by atoms with Gasteiger partial charge in [-0.25, -0.2) is 0 Å². The Kier molecular flexibility index (Phi) is 4.61. The van der Waals surface area contributed by atoms with Crippen LogP contribution < -0.4 is 5.32 Å². The second-order valence-corrected chi connectivity index (χ2v) is 7.74. The second kappa shape index (κ2) is 5.78. The molecule has 0 aliphatic carbocycles. The van der Waals surface area contributed by atoms with E-state index in [-0.39, 0.29) is 0 Å². The molecule has 2 rings (SSSR count). The molecule has 0 unspecified atom stereocenters. The van der Waals surface area contributed by atoms with E-state index in [1.807, 2.05) is 0 Å². The smallest absolute Gasteiger partial charge is 0.0843 e. The first-order valence-corrected chi connectivity index (χ1v) is 8.15. The van der Waals surface area contributed by atoms with Gasteiger partial charge in [0.05, 0.1) is 3.79 Å². The normalized spacial score (nSPS) is 12.9. The molecule has 2 heterocycles. The fraction of sp³-hybridized carbons (Fsp3) is 0.273. The number of nitrogens with one attached hydrogen (secondary N) is 1. The number of halogens is 2. The number of hydrogen-bond donors (Lipinski definition) is 1. The lowest BCUT2D eigenvalue weighted by Crippen LogP contribution is -2.16. The van der Waals surface area contributed by atoms with Crippen molar-refractivity contribution in [2.24, 2.45) is 0 Å². The van der Waals surface area contributed by atoms with Gasteiger partial charge in [0, 0.05) is 26.8 Å². The predicted molar refractivity (Wildman–Crippen MR) is 79.3 cm³/mol. The highest BCUT2D eigenvalue weighted by molar-refractivity contribution is 9.13. The molecule has 1 atom stereocenters. The second-order valence-electron chi connectivity index (χ2n) is 3.45. The molecule has 86 valence electrons. The standard InChI is InChI=1S/C11H11Br2NS2/c1-7(10-3-2-4-15-10)14-6-8-5-9(12)11(13)16-8/h2-5,7,14H,6H2,1H3/t7-/m0/s1. The summed E-state index contributed by atoms with van der Waals surface area (Å²) >= 11 is 10.6. The molecule has 0 bridgehead atoms. The zero-order valence-electron chi connectivity index (χ0n) is 8.67. The summed E-state index contributed by atoms with van der Waals surface area (Å²) < 4.78 is 2.30. The molecular weight excluding hydrogens is 370 g/mol. The highest BCUT2D eigenvalue weighted by Crippen LogP contribution is 2.32. The lowest BCUT2D eigenvalue weighted by molar-refractivity contribution is 0.587. The van der Waals surface area contributed by atoms with E-state index in [9.17, 15) is 0 Å². The molecule has 0 saturated heterocycles. The Labute approximate surface area is 120 Å². The summed E-state index contributed by atoms with van der Waals surface area (Å²) in [5.41, 5.74) is 0. The van der Waals surface area contributed by atoms with E-state index in [0.717, 1.165) is 14.8 Å². The van der Waals surface area contributed by atoms with Crippen molar-refractivity contribution in [1.82, 2.24) is 5.32 Å². The summed E-state index contributed by atoms with van der Waals surface area (Å²) in [6.45, 7) is 3.11. The Morgan fingerprint density at radius 1 is 1.44 bits per heavy atom. The lowest BCUT2D eigenvalue weighted by Gasteiger charge is -2.10. The van der Waals surface area contributed by atoms with Crippen LogP contribution in [0.25, 0.3) is 0 Å². The zero-order chi connectivity index (χ0) is 11.5. The van der Waals surface area contributed by atoms with E-state index in [4.69, 9.17) is 0 Å². The van der Waals surface area contributed by atoms with Crippen molar-refractivity contribution < 1.29 is 0 Å². The fourth-order valence-corrected chi connectivity index (χ4v) is 4.26. The van der Waals surface area contributed by atoms with Crippen LogP contribution in [0.15, 0.2) is 31.8 Å². The molecule has 0 radical (unpaired) electrons. The van der Waals surface area contributed by atoms with Crippen LogP contribution in [-0.2, 0) is 6.54 Å². The van der Waals surface area contributed by atoms with Crippen LogP contribution in [0.5, 0.6) is 0 Å². The van der Waals surface area contributed by atoms with Crippen LogP contribution in [0.4, 0.5) is 0 Å². The first-order valence-electron chi connectivity index (χ1n) is 4.87. The topological polar surface area (TPSA) is 12.0 Å². The minimum Gasteiger partial charge on any atom is -0.305 e. The number of hydrogen-bond acceptors (Lipinski definition) is 3. The predicted octanol–water partition coefficient (Wildman–Crippen LogP) is 5.19. The first kappa shape index (κ1) is 12.8. The third-order valence-corrected chi connectivity index (χ3v) is 6.56. The Balaban J connectivity index is 1.92. The number of rotatable bonds is 4. The molecule has 0 saturated carbocycles. The van der Waals surface area contributed by atoms with Gasteiger partial charge < -0.3 is 5.32 Å². The minimum absolute atomic E-state index is 0.416. The van der Waals surface area contributed by atoms with Crippen LogP contribution >= 0.6 is 54.5 Å². The maximum atomic E-state index is 3.52.